The molecule has 110 valence electrons. The van der Waals surface area contributed by atoms with Crippen molar-refractivity contribution >= 4 is 11.9 Å². The van der Waals surface area contributed by atoms with E-state index in [1.165, 1.54) is 18.9 Å². The summed E-state index contributed by atoms with van der Waals surface area (Å²) in [4.78, 5) is 31.1. The second-order valence-corrected chi connectivity index (χ2v) is 4.22. The molecule has 2 aromatic heterocycles. The number of nitrogens with zero attached hydrogens (tertiary/aromatic N) is 2. The van der Waals surface area contributed by atoms with E-state index in [4.69, 9.17) is 10.2 Å². The van der Waals surface area contributed by atoms with E-state index in [0.717, 1.165) is 5.69 Å². The van der Waals surface area contributed by atoms with Gasteiger partial charge in [0.2, 0.25) is 5.91 Å². The fraction of sp³-hybridized carbons (Fsp3) is 0.231. The SMILES string of the molecule is NC(=O)C(NC(=O)NCCc1cocn1)c1ccccn1. The Hall–Kier alpha value is -2.90. The smallest absolute Gasteiger partial charge is 0.315 e. The molecule has 0 bridgehead atoms. The molecule has 2 heterocycles. The molecule has 0 saturated carbocycles. The Balaban J connectivity index is 1.85. The molecule has 8 heteroatoms. The van der Waals surface area contributed by atoms with Gasteiger partial charge >= 0.3 is 6.03 Å². The van der Waals surface area contributed by atoms with Crippen molar-refractivity contribution in [2.24, 2.45) is 5.73 Å². The van der Waals surface area contributed by atoms with Crippen molar-refractivity contribution in [1.82, 2.24) is 20.6 Å². The van der Waals surface area contributed by atoms with Crippen molar-refractivity contribution in [3.8, 4) is 0 Å². The van der Waals surface area contributed by atoms with Crippen molar-refractivity contribution in [3.05, 3.63) is 48.4 Å². The highest BCUT2D eigenvalue weighted by Gasteiger charge is 2.20. The number of carbonyl (C=O) groups is 2. The van der Waals surface area contributed by atoms with Gasteiger partial charge in [0, 0.05) is 19.2 Å². The van der Waals surface area contributed by atoms with Crippen LogP contribution in [0.3, 0.4) is 0 Å². The highest BCUT2D eigenvalue weighted by molar-refractivity contribution is 5.86. The number of nitrogens with one attached hydrogen (secondary N) is 2. The number of pyridine rings is 1. The zero-order chi connectivity index (χ0) is 15.1. The van der Waals surface area contributed by atoms with Gasteiger partial charge in [-0.3, -0.25) is 9.78 Å². The summed E-state index contributed by atoms with van der Waals surface area (Å²) in [5.74, 6) is -0.680. The molecule has 0 fully saturated rings. The lowest BCUT2D eigenvalue weighted by Crippen LogP contribution is -2.43. The number of nitrogens with two attached hydrogens (primary N) is 1. The number of aromatic nitrogens is 2. The first-order valence-corrected chi connectivity index (χ1v) is 6.28. The predicted molar refractivity (Wildman–Crippen MR) is 72.9 cm³/mol. The minimum absolute atomic E-state index is 0.353. The van der Waals surface area contributed by atoms with Crippen LogP contribution >= 0.6 is 0 Å². The Bertz CT molecular complexity index is 585. The molecule has 0 spiro atoms. The van der Waals surface area contributed by atoms with Crippen LogP contribution in [0.4, 0.5) is 4.79 Å². The van der Waals surface area contributed by atoms with Crippen molar-refractivity contribution in [1.29, 1.82) is 0 Å². The standard InChI is InChI=1S/C13H15N5O3/c14-12(19)11(10-3-1-2-5-15-10)18-13(20)16-6-4-9-7-21-8-17-9/h1-3,5,7-8,11H,4,6H2,(H2,14,19)(H2,16,18,20). The minimum atomic E-state index is -0.974. The Labute approximate surface area is 120 Å². The average molecular weight is 289 g/mol. The van der Waals surface area contributed by atoms with E-state index in [1.54, 1.807) is 18.2 Å². The van der Waals surface area contributed by atoms with E-state index in [0.29, 0.717) is 18.7 Å². The van der Waals surface area contributed by atoms with E-state index in [2.05, 4.69) is 20.6 Å². The third-order valence-corrected chi connectivity index (χ3v) is 2.69. The predicted octanol–water partition coefficient (Wildman–Crippen LogP) is 0.138. The van der Waals surface area contributed by atoms with Gasteiger partial charge in [-0.15, -0.1) is 0 Å². The molecule has 0 radical (unpaired) electrons. The Morgan fingerprint density at radius 1 is 1.33 bits per heavy atom. The van der Waals surface area contributed by atoms with Gasteiger partial charge in [-0.2, -0.15) is 0 Å². The summed E-state index contributed by atoms with van der Waals surface area (Å²) in [6.45, 7) is 0.353. The van der Waals surface area contributed by atoms with Gasteiger partial charge in [-0.05, 0) is 12.1 Å². The number of hydrogen-bond donors (Lipinski definition) is 3. The summed E-state index contributed by atoms with van der Waals surface area (Å²) in [5.41, 5.74) is 6.39. The fourth-order valence-corrected chi connectivity index (χ4v) is 1.68. The molecular weight excluding hydrogens is 274 g/mol. The van der Waals surface area contributed by atoms with Gasteiger partial charge in [0.25, 0.3) is 0 Å². The summed E-state index contributed by atoms with van der Waals surface area (Å²) >= 11 is 0. The van der Waals surface area contributed by atoms with Crippen LogP contribution in [0.25, 0.3) is 0 Å². The van der Waals surface area contributed by atoms with E-state index in [-0.39, 0.29) is 0 Å². The highest BCUT2D eigenvalue weighted by Crippen LogP contribution is 2.08. The van der Waals surface area contributed by atoms with Crippen molar-refractivity contribution in [3.63, 3.8) is 0 Å². The van der Waals surface area contributed by atoms with Crippen LogP contribution in [0, 0.1) is 0 Å². The van der Waals surface area contributed by atoms with Crippen LogP contribution in [0.2, 0.25) is 0 Å². The number of hydrogen-bond acceptors (Lipinski definition) is 5. The minimum Gasteiger partial charge on any atom is -0.451 e. The molecule has 2 aromatic rings. The molecule has 8 nitrogen and oxygen atoms in total. The number of rotatable bonds is 6. The van der Waals surface area contributed by atoms with Crippen LogP contribution in [0.1, 0.15) is 17.4 Å². The molecule has 2 rings (SSSR count). The third kappa shape index (κ3) is 4.30. The van der Waals surface area contributed by atoms with Gasteiger partial charge < -0.3 is 20.8 Å². The summed E-state index contributed by atoms with van der Waals surface area (Å²) < 4.78 is 4.82. The van der Waals surface area contributed by atoms with Crippen molar-refractivity contribution in [2.45, 2.75) is 12.5 Å². The maximum Gasteiger partial charge on any atom is 0.315 e. The van der Waals surface area contributed by atoms with Crippen LogP contribution in [-0.2, 0) is 11.2 Å². The quantitative estimate of drug-likeness (QED) is 0.697. The third-order valence-electron chi connectivity index (χ3n) is 2.69. The normalized spacial score (nSPS) is 11.6. The Morgan fingerprint density at radius 3 is 2.81 bits per heavy atom. The van der Waals surface area contributed by atoms with Crippen LogP contribution < -0.4 is 16.4 Å². The molecule has 0 aliphatic heterocycles. The zero-order valence-corrected chi connectivity index (χ0v) is 11.2. The lowest BCUT2D eigenvalue weighted by Gasteiger charge is -2.15. The summed E-state index contributed by atoms with van der Waals surface area (Å²) in [6.07, 6.45) is 4.86. The Morgan fingerprint density at radius 2 is 2.19 bits per heavy atom. The summed E-state index contributed by atoms with van der Waals surface area (Å²) in [6, 6.07) is 3.55. The van der Waals surface area contributed by atoms with E-state index < -0.39 is 18.0 Å². The maximum atomic E-state index is 11.8. The molecule has 1 unspecified atom stereocenters. The van der Waals surface area contributed by atoms with Crippen molar-refractivity contribution in [2.75, 3.05) is 6.54 Å². The fourth-order valence-electron chi connectivity index (χ4n) is 1.68. The van der Waals surface area contributed by atoms with Crippen LogP contribution in [0.5, 0.6) is 0 Å². The molecule has 0 saturated heterocycles. The van der Waals surface area contributed by atoms with E-state index >= 15 is 0 Å². The molecule has 0 aliphatic rings. The van der Waals surface area contributed by atoms with Crippen molar-refractivity contribution < 1.29 is 14.0 Å². The topological polar surface area (TPSA) is 123 Å². The molecular formula is C13H15N5O3. The monoisotopic (exact) mass is 289 g/mol. The first kappa shape index (κ1) is 14.5. The second kappa shape index (κ2) is 7.04. The Kier molecular flexibility index (Phi) is 4.86. The first-order valence-electron chi connectivity index (χ1n) is 6.28. The molecule has 21 heavy (non-hydrogen) atoms. The number of amides is 3. The molecule has 4 N–H and O–H groups in total. The number of oxazole rings is 1. The van der Waals surface area contributed by atoms with Gasteiger partial charge in [0.05, 0.1) is 11.4 Å². The summed E-state index contributed by atoms with van der Waals surface area (Å²) in [5, 5.41) is 5.09. The molecule has 3 amide bonds. The highest BCUT2D eigenvalue weighted by atomic mass is 16.3. The molecule has 0 aliphatic carbocycles. The molecule has 1 atom stereocenters. The molecule has 0 aromatic carbocycles. The van der Waals surface area contributed by atoms with Gasteiger partial charge in [-0.25, -0.2) is 9.78 Å². The average Bonchev–Trinajstić information content (AvgIpc) is 2.98. The number of primary amides is 1. The van der Waals surface area contributed by atoms with E-state index in [1.807, 2.05) is 0 Å². The maximum absolute atomic E-state index is 11.8. The summed E-state index contributed by atoms with van der Waals surface area (Å²) in [7, 11) is 0. The second-order valence-electron chi connectivity index (χ2n) is 4.22. The van der Waals surface area contributed by atoms with Gasteiger partial charge in [0.1, 0.15) is 6.26 Å². The first-order chi connectivity index (χ1) is 10.2. The lowest BCUT2D eigenvalue weighted by atomic mass is 10.2. The lowest BCUT2D eigenvalue weighted by molar-refractivity contribution is -0.120. The van der Waals surface area contributed by atoms with Gasteiger partial charge in [-0.1, -0.05) is 6.07 Å². The van der Waals surface area contributed by atoms with Crippen LogP contribution in [-0.4, -0.2) is 28.5 Å². The number of carbonyl (C=O) groups excluding carboxylic acids is 2. The number of urea groups is 1. The zero-order valence-electron chi connectivity index (χ0n) is 11.2. The van der Waals surface area contributed by atoms with Gasteiger partial charge in [0.15, 0.2) is 12.4 Å². The van der Waals surface area contributed by atoms with Crippen LogP contribution in [0.15, 0.2) is 41.5 Å². The largest absolute Gasteiger partial charge is 0.451 e. The van der Waals surface area contributed by atoms with E-state index in [9.17, 15) is 9.59 Å².